The molecule has 1 atom stereocenters. The van der Waals surface area contributed by atoms with Gasteiger partial charge >= 0.3 is 5.97 Å². The molecule has 0 fully saturated rings. The molecule has 0 aliphatic rings. The first kappa shape index (κ1) is 17.0. The molecule has 1 aromatic rings. The van der Waals surface area contributed by atoms with Gasteiger partial charge in [-0.3, -0.25) is 4.79 Å². The van der Waals surface area contributed by atoms with Crippen molar-refractivity contribution in [2.45, 2.75) is 38.5 Å². The van der Waals surface area contributed by atoms with Crippen molar-refractivity contribution in [3.63, 3.8) is 0 Å². The first-order chi connectivity index (χ1) is 9.23. The van der Waals surface area contributed by atoms with E-state index in [4.69, 9.17) is 0 Å². The van der Waals surface area contributed by atoms with E-state index in [1.807, 2.05) is 6.92 Å². The maximum atomic E-state index is 11.8. The van der Waals surface area contributed by atoms with Crippen molar-refractivity contribution in [2.75, 3.05) is 12.9 Å². The van der Waals surface area contributed by atoms with Gasteiger partial charge in [0, 0.05) is 4.75 Å². The Hall–Kier alpha value is -1.08. The fourth-order valence-corrected chi connectivity index (χ4v) is 2.80. The summed E-state index contributed by atoms with van der Waals surface area (Å²) in [5.41, 5.74) is 0. The molecule has 0 bridgehead atoms. The van der Waals surface area contributed by atoms with E-state index in [-0.39, 0.29) is 16.7 Å². The molecule has 1 N–H and O–H groups in total. The van der Waals surface area contributed by atoms with Crippen molar-refractivity contribution in [1.29, 1.82) is 0 Å². The Labute approximate surface area is 127 Å². The summed E-state index contributed by atoms with van der Waals surface area (Å²) in [5, 5.41) is 3.57. The highest BCUT2D eigenvalue weighted by Gasteiger charge is 2.18. The summed E-state index contributed by atoms with van der Waals surface area (Å²) in [6, 6.07) is -0.216. The van der Waals surface area contributed by atoms with Crippen LogP contribution in [0.5, 0.6) is 0 Å². The van der Waals surface area contributed by atoms with Gasteiger partial charge < -0.3 is 10.1 Å². The molecule has 7 heteroatoms. The second-order valence-electron chi connectivity index (χ2n) is 5.24. The number of carbonyl (C=O) groups is 2. The van der Waals surface area contributed by atoms with E-state index in [9.17, 15) is 9.59 Å². The summed E-state index contributed by atoms with van der Waals surface area (Å²) >= 11 is 2.82. The molecule has 1 unspecified atom stereocenters. The Bertz CT molecular complexity index is 480. The SMILES string of the molecule is COC(=O)c1cnc(C(C)NC(=O)CSC(C)(C)C)s1. The van der Waals surface area contributed by atoms with Crippen LogP contribution < -0.4 is 5.32 Å². The molecule has 0 radical (unpaired) electrons. The second kappa shape index (κ2) is 7.08. The molecule has 0 saturated heterocycles. The van der Waals surface area contributed by atoms with Gasteiger partial charge in [0.2, 0.25) is 5.91 Å². The lowest BCUT2D eigenvalue weighted by Crippen LogP contribution is -2.29. The molecule has 5 nitrogen and oxygen atoms in total. The van der Waals surface area contributed by atoms with Crippen molar-refractivity contribution in [3.8, 4) is 0 Å². The van der Waals surface area contributed by atoms with Crippen LogP contribution in [0.2, 0.25) is 0 Å². The number of thioether (sulfide) groups is 1. The molecule has 0 aliphatic heterocycles. The Morgan fingerprint density at radius 3 is 2.70 bits per heavy atom. The highest BCUT2D eigenvalue weighted by molar-refractivity contribution is 8.01. The number of thiazole rings is 1. The lowest BCUT2D eigenvalue weighted by atomic mass is 10.3. The summed E-state index contributed by atoms with van der Waals surface area (Å²) in [4.78, 5) is 27.7. The number of nitrogens with one attached hydrogen (secondary N) is 1. The molecule has 0 aromatic carbocycles. The number of aromatic nitrogens is 1. The highest BCUT2D eigenvalue weighted by atomic mass is 32.2. The maximum Gasteiger partial charge on any atom is 0.349 e. The van der Waals surface area contributed by atoms with Crippen LogP contribution in [0.15, 0.2) is 6.20 Å². The zero-order valence-corrected chi connectivity index (χ0v) is 14.0. The van der Waals surface area contributed by atoms with E-state index in [0.717, 1.165) is 0 Å². The van der Waals surface area contributed by atoms with E-state index >= 15 is 0 Å². The molecule has 1 amide bonds. The predicted molar refractivity (Wildman–Crippen MR) is 82.2 cm³/mol. The van der Waals surface area contributed by atoms with Gasteiger partial charge in [-0.05, 0) is 6.92 Å². The first-order valence-electron chi connectivity index (χ1n) is 6.20. The molecule has 20 heavy (non-hydrogen) atoms. The highest BCUT2D eigenvalue weighted by Crippen LogP contribution is 2.24. The van der Waals surface area contributed by atoms with Gasteiger partial charge in [-0.15, -0.1) is 23.1 Å². The molecule has 1 heterocycles. The number of nitrogens with zero attached hydrogens (tertiary/aromatic N) is 1. The minimum Gasteiger partial charge on any atom is -0.465 e. The second-order valence-corrected chi connectivity index (χ2v) is 8.11. The molecule has 0 saturated carbocycles. The number of rotatable bonds is 5. The number of methoxy groups -OCH3 is 1. The van der Waals surface area contributed by atoms with Crippen molar-refractivity contribution in [3.05, 3.63) is 16.1 Å². The standard InChI is InChI=1S/C13H20N2O3S2/c1-8(15-10(16)7-19-13(2,3)4)11-14-6-9(20-11)12(17)18-5/h6,8H,7H2,1-5H3,(H,15,16). The first-order valence-corrected chi connectivity index (χ1v) is 8.00. The predicted octanol–water partition coefficient (Wildman–Crippen LogP) is 2.64. The Morgan fingerprint density at radius 1 is 1.50 bits per heavy atom. The fraction of sp³-hybridized carbons (Fsp3) is 0.615. The van der Waals surface area contributed by atoms with E-state index in [1.165, 1.54) is 24.6 Å². The van der Waals surface area contributed by atoms with Gasteiger partial charge in [-0.25, -0.2) is 9.78 Å². The quantitative estimate of drug-likeness (QED) is 0.846. The summed E-state index contributed by atoms with van der Waals surface area (Å²) in [5.74, 6) is -0.0360. The molecular formula is C13H20N2O3S2. The van der Waals surface area contributed by atoms with Crippen LogP contribution in [0, 0.1) is 0 Å². The summed E-state index contributed by atoms with van der Waals surface area (Å²) in [6.45, 7) is 8.05. The van der Waals surface area contributed by atoms with Crippen LogP contribution in [0.4, 0.5) is 0 Å². The van der Waals surface area contributed by atoms with Gasteiger partial charge in [0.15, 0.2) is 0 Å². The lowest BCUT2D eigenvalue weighted by molar-refractivity contribution is -0.119. The van der Waals surface area contributed by atoms with Gasteiger partial charge in [0.25, 0.3) is 0 Å². The average molecular weight is 316 g/mol. The smallest absolute Gasteiger partial charge is 0.349 e. The summed E-state index contributed by atoms with van der Waals surface area (Å²) in [7, 11) is 1.33. The molecule has 112 valence electrons. The Balaban J connectivity index is 2.54. The zero-order valence-electron chi connectivity index (χ0n) is 12.4. The number of carbonyl (C=O) groups excluding carboxylic acids is 2. The topological polar surface area (TPSA) is 68.3 Å². The minimum absolute atomic E-state index is 0.0350. The van der Waals surface area contributed by atoms with Crippen LogP contribution in [0.3, 0.4) is 0 Å². The number of amides is 1. The van der Waals surface area contributed by atoms with Gasteiger partial charge in [-0.2, -0.15) is 0 Å². The molecule has 1 aromatic heterocycles. The largest absolute Gasteiger partial charge is 0.465 e. The average Bonchev–Trinajstić information content (AvgIpc) is 2.84. The fourth-order valence-electron chi connectivity index (χ4n) is 1.31. The third-order valence-electron chi connectivity index (χ3n) is 2.29. The Kier molecular flexibility index (Phi) is 6.01. The number of ether oxygens (including phenoxy) is 1. The lowest BCUT2D eigenvalue weighted by Gasteiger charge is -2.18. The van der Waals surface area contributed by atoms with E-state index < -0.39 is 5.97 Å². The van der Waals surface area contributed by atoms with Crippen LogP contribution in [-0.2, 0) is 9.53 Å². The summed E-state index contributed by atoms with van der Waals surface area (Å²) in [6.07, 6.45) is 1.47. The molecule has 1 rings (SSSR count). The zero-order chi connectivity index (χ0) is 15.3. The van der Waals surface area contributed by atoms with Crippen LogP contribution in [0.1, 0.15) is 48.4 Å². The van der Waals surface area contributed by atoms with Crippen molar-refractivity contribution < 1.29 is 14.3 Å². The molecule has 0 spiro atoms. The van der Waals surface area contributed by atoms with Crippen LogP contribution >= 0.6 is 23.1 Å². The normalized spacial score (nSPS) is 12.8. The molecular weight excluding hydrogens is 296 g/mol. The van der Waals surface area contributed by atoms with E-state index in [1.54, 1.807) is 11.8 Å². The van der Waals surface area contributed by atoms with Gasteiger partial charge in [0.05, 0.1) is 25.1 Å². The van der Waals surface area contributed by atoms with E-state index in [0.29, 0.717) is 15.6 Å². The van der Waals surface area contributed by atoms with Crippen LogP contribution in [0.25, 0.3) is 0 Å². The minimum atomic E-state index is -0.407. The van der Waals surface area contributed by atoms with E-state index in [2.05, 4.69) is 35.8 Å². The van der Waals surface area contributed by atoms with Gasteiger partial charge in [0.1, 0.15) is 9.88 Å². The maximum absolute atomic E-state index is 11.8. The summed E-state index contributed by atoms with van der Waals surface area (Å²) < 4.78 is 4.68. The number of hydrogen-bond donors (Lipinski definition) is 1. The third-order valence-corrected chi connectivity index (χ3v) is 4.73. The van der Waals surface area contributed by atoms with Gasteiger partial charge in [-0.1, -0.05) is 20.8 Å². The Morgan fingerprint density at radius 2 is 2.15 bits per heavy atom. The van der Waals surface area contributed by atoms with Crippen LogP contribution in [-0.4, -0.2) is 34.5 Å². The monoisotopic (exact) mass is 316 g/mol. The number of hydrogen-bond acceptors (Lipinski definition) is 6. The number of esters is 1. The third kappa shape index (κ3) is 5.50. The van der Waals surface area contributed by atoms with Crippen molar-refractivity contribution in [2.24, 2.45) is 0 Å². The van der Waals surface area contributed by atoms with Crippen molar-refractivity contribution in [1.82, 2.24) is 10.3 Å². The van der Waals surface area contributed by atoms with Crippen molar-refractivity contribution >= 4 is 35.0 Å². The molecule has 0 aliphatic carbocycles.